The summed E-state index contributed by atoms with van der Waals surface area (Å²) in [5.41, 5.74) is 3.19. The number of fused-ring (bicyclic) bond motifs is 1. The molecule has 3 rings (SSSR count). The Kier molecular flexibility index (Phi) is 4.57. The Morgan fingerprint density at radius 1 is 0.958 bits per heavy atom. The van der Waals surface area contributed by atoms with E-state index in [1.807, 2.05) is 18.2 Å². The normalized spacial score (nSPS) is 11.4. The number of nitrogens with zero attached hydrogens (tertiary/aromatic N) is 3. The number of aromatic nitrogens is 3. The predicted octanol–water partition coefficient (Wildman–Crippen LogP) is 2.05. The van der Waals surface area contributed by atoms with Crippen LogP contribution in [0.15, 0.2) is 48.9 Å². The molecule has 0 saturated heterocycles. The Morgan fingerprint density at radius 2 is 1.71 bits per heavy atom. The van der Waals surface area contributed by atoms with Crippen LogP contribution in [0.25, 0.3) is 11.0 Å². The number of hydrogen-bond acceptors (Lipinski definition) is 6. The van der Waals surface area contributed by atoms with E-state index in [0.29, 0.717) is 18.1 Å². The minimum Gasteiger partial charge on any atom is -0.368 e. The minimum atomic E-state index is -3.25. The molecule has 0 spiro atoms. The molecule has 0 saturated carbocycles. The van der Waals surface area contributed by atoms with E-state index in [2.05, 4.69) is 25.0 Å². The van der Waals surface area contributed by atoms with Crippen molar-refractivity contribution < 1.29 is 8.42 Å². The minimum absolute atomic E-state index is 0.556. The third kappa shape index (κ3) is 4.17. The Labute approximate surface area is 140 Å². The molecule has 0 atom stereocenters. The molecule has 24 heavy (non-hydrogen) atoms. The summed E-state index contributed by atoms with van der Waals surface area (Å²) in [4.78, 5) is 12.9. The molecule has 3 aromatic rings. The molecule has 2 heterocycles. The van der Waals surface area contributed by atoms with Gasteiger partial charge < -0.3 is 5.32 Å². The first-order valence-electron chi connectivity index (χ1n) is 7.37. The second-order valence-corrected chi connectivity index (χ2v) is 7.08. The molecular formula is C16H17N5O2S. The lowest BCUT2D eigenvalue weighted by molar-refractivity contribution is 0.607. The van der Waals surface area contributed by atoms with Crippen LogP contribution in [0.2, 0.25) is 0 Å². The standard InChI is InChI=1S/C16H17N5O2S/c1-24(22,23)21-13-4-2-12(3-5-13)6-8-19-16-15-14(7-9-20-16)17-10-11-18-15/h2-5,7,9-11,21H,6,8H2,1H3,(H,19,20). The van der Waals surface area contributed by atoms with E-state index in [1.165, 1.54) is 0 Å². The Morgan fingerprint density at radius 3 is 2.46 bits per heavy atom. The van der Waals surface area contributed by atoms with Crippen molar-refractivity contribution in [3.05, 3.63) is 54.5 Å². The highest BCUT2D eigenvalue weighted by molar-refractivity contribution is 7.92. The molecule has 2 aromatic heterocycles. The van der Waals surface area contributed by atoms with Gasteiger partial charge >= 0.3 is 0 Å². The summed E-state index contributed by atoms with van der Waals surface area (Å²) >= 11 is 0. The van der Waals surface area contributed by atoms with E-state index in [0.717, 1.165) is 29.3 Å². The quantitative estimate of drug-likeness (QED) is 0.711. The lowest BCUT2D eigenvalue weighted by atomic mass is 10.1. The van der Waals surface area contributed by atoms with Crippen molar-refractivity contribution in [3.63, 3.8) is 0 Å². The van der Waals surface area contributed by atoms with Crippen LogP contribution < -0.4 is 10.0 Å². The maximum atomic E-state index is 11.2. The van der Waals surface area contributed by atoms with Crippen LogP contribution in [-0.2, 0) is 16.4 Å². The molecule has 8 heteroatoms. The first kappa shape index (κ1) is 16.1. The zero-order valence-electron chi connectivity index (χ0n) is 13.1. The molecule has 7 nitrogen and oxygen atoms in total. The van der Waals surface area contributed by atoms with Crippen LogP contribution in [0.5, 0.6) is 0 Å². The summed E-state index contributed by atoms with van der Waals surface area (Å²) in [6.07, 6.45) is 6.90. The molecule has 0 bridgehead atoms. The summed E-state index contributed by atoms with van der Waals surface area (Å²) in [6, 6.07) is 9.11. The Bertz CT molecular complexity index is 937. The molecule has 0 aliphatic carbocycles. The number of sulfonamides is 1. The van der Waals surface area contributed by atoms with Gasteiger partial charge in [0.1, 0.15) is 5.52 Å². The maximum Gasteiger partial charge on any atom is 0.229 e. The zero-order chi connectivity index (χ0) is 17.0. The number of anilines is 2. The summed E-state index contributed by atoms with van der Waals surface area (Å²) in [7, 11) is -3.25. The third-order valence-corrected chi connectivity index (χ3v) is 3.96. The van der Waals surface area contributed by atoms with Crippen molar-refractivity contribution in [2.75, 3.05) is 22.8 Å². The van der Waals surface area contributed by atoms with Crippen LogP contribution in [0.3, 0.4) is 0 Å². The van der Waals surface area contributed by atoms with Crippen molar-refractivity contribution in [2.24, 2.45) is 0 Å². The fraction of sp³-hybridized carbons (Fsp3) is 0.188. The average molecular weight is 343 g/mol. The molecule has 0 aliphatic rings. The highest BCUT2D eigenvalue weighted by Crippen LogP contribution is 2.16. The van der Waals surface area contributed by atoms with E-state index in [1.54, 1.807) is 30.7 Å². The van der Waals surface area contributed by atoms with Crippen LogP contribution in [0.4, 0.5) is 11.5 Å². The lowest BCUT2D eigenvalue weighted by Gasteiger charge is -2.08. The van der Waals surface area contributed by atoms with Crippen molar-refractivity contribution >= 4 is 32.6 Å². The van der Waals surface area contributed by atoms with Crippen molar-refractivity contribution in [3.8, 4) is 0 Å². The SMILES string of the molecule is CS(=O)(=O)Nc1ccc(CCNc2nccc3nccnc23)cc1. The number of nitrogens with one attached hydrogen (secondary N) is 2. The van der Waals surface area contributed by atoms with Gasteiger partial charge in [-0.3, -0.25) is 9.71 Å². The van der Waals surface area contributed by atoms with Crippen LogP contribution >= 0.6 is 0 Å². The first-order chi connectivity index (χ1) is 11.5. The molecule has 0 aliphatic heterocycles. The van der Waals surface area contributed by atoms with Crippen LogP contribution in [0.1, 0.15) is 5.56 Å². The molecule has 2 N–H and O–H groups in total. The largest absolute Gasteiger partial charge is 0.368 e. The third-order valence-electron chi connectivity index (χ3n) is 3.35. The summed E-state index contributed by atoms with van der Waals surface area (Å²) in [5, 5.41) is 3.26. The van der Waals surface area contributed by atoms with E-state index in [9.17, 15) is 8.42 Å². The second-order valence-electron chi connectivity index (χ2n) is 5.33. The number of rotatable bonds is 6. The van der Waals surface area contributed by atoms with E-state index in [4.69, 9.17) is 0 Å². The topological polar surface area (TPSA) is 96.9 Å². The lowest BCUT2D eigenvalue weighted by Crippen LogP contribution is -2.10. The van der Waals surface area contributed by atoms with Gasteiger partial charge in [0.25, 0.3) is 0 Å². The van der Waals surface area contributed by atoms with Crippen LogP contribution in [-0.4, -0.2) is 36.2 Å². The van der Waals surface area contributed by atoms with Gasteiger partial charge in [-0.15, -0.1) is 0 Å². The first-order valence-corrected chi connectivity index (χ1v) is 9.27. The van der Waals surface area contributed by atoms with Gasteiger partial charge in [0, 0.05) is 30.8 Å². The van der Waals surface area contributed by atoms with Crippen molar-refractivity contribution in [1.29, 1.82) is 0 Å². The smallest absolute Gasteiger partial charge is 0.229 e. The van der Waals surface area contributed by atoms with Crippen LogP contribution in [0, 0.1) is 0 Å². The van der Waals surface area contributed by atoms with Gasteiger partial charge in [-0.1, -0.05) is 12.1 Å². The van der Waals surface area contributed by atoms with Gasteiger partial charge in [-0.2, -0.15) is 0 Å². The van der Waals surface area contributed by atoms with Gasteiger partial charge in [-0.25, -0.2) is 18.4 Å². The highest BCUT2D eigenvalue weighted by atomic mass is 32.2. The maximum absolute atomic E-state index is 11.2. The predicted molar refractivity (Wildman–Crippen MR) is 94.4 cm³/mol. The van der Waals surface area contributed by atoms with Gasteiger partial charge in [0.15, 0.2) is 5.82 Å². The van der Waals surface area contributed by atoms with Gasteiger partial charge in [-0.05, 0) is 30.2 Å². The molecule has 1 aromatic carbocycles. The zero-order valence-corrected chi connectivity index (χ0v) is 13.9. The van der Waals surface area contributed by atoms with Crippen molar-refractivity contribution in [2.45, 2.75) is 6.42 Å². The molecule has 0 unspecified atom stereocenters. The fourth-order valence-electron chi connectivity index (χ4n) is 2.30. The highest BCUT2D eigenvalue weighted by Gasteiger charge is 2.04. The van der Waals surface area contributed by atoms with Gasteiger partial charge in [0.05, 0.1) is 11.8 Å². The van der Waals surface area contributed by atoms with Crippen molar-refractivity contribution in [1.82, 2.24) is 15.0 Å². The summed E-state index contributed by atoms with van der Waals surface area (Å²) in [6.45, 7) is 0.682. The molecule has 124 valence electrons. The van der Waals surface area contributed by atoms with E-state index >= 15 is 0 Å². The number of pyridine rings is 1. The fourth-order valence-corrected chi connectivity index (χ4v) is 2.87. The summed E-state index contributed by atoms with van der Waals surface area (Å²) < 4.78 is 24.8. The second kappa shape index (κ2) is 6.79. The molecule has 0 amide bonds. The average Bonchev–Trinajstić information content (AvgIpc) is 2.55. The van der Waals surface area contributed by atoms with E-state index in [-0.39, 0.29) is 0 Å². The summed E-state index contributed by atoms with van der Waals surface area (Å²) in [5.74, 6) is 0.705. The molecular weight excluding hydrogens is 326 g/mol. The molecule has 0 radical (unpaired) electrons. The number of benzene rings is 1. The Balaban J connectivity index is 1.62. The monoisotopic (exact) mass is 343 g/mol. The number of hydrogen-bond donors (Lipinski definition) is 2. The van der Waals surface area contributed by atoms with Gasteiger partial charge in [0.2, 0.25) is 10.0 Å². The Hall–Kier alpha value is -2.74. The molecule has 0 fully saturated rings. The van der Waals surface area contributed by atoms with E-state index < -0.39 is 10.0 Å².